The van der Waals surface area contributed by atoms with E-state index in [4.69, 9.17) is 5.11 Å². The first-order valence-electron chi connectivity index (χ1n) is 4.73. The molecule has 15 heavy (non-hydrogen) atoms. The lowest BCUT2D eigenvalue weighted by Gasteiger charge is -2.01. The van der Waals surface area contributed by atoms with Gasteiger partial charge in [-0.25, -0.2) is 0 Å². The van der Waals surface area contributed by atoms with Crippen molar-refractivity contribution < 1.29 is 5.11 Å². The number of aliphatic hydroxyl groups excluding tert-OH is 1. The molecular weight excluding hydrogens is 224 g/mol. The van der Waals surface area contributed by atoms with Crippen LogP contribution < -0.4 is 0 Å². The number of hydrogen-bond donors (Lipinski definition) is 1. The third-order valence-electron chi connectivity index (χ3n) is 2.08. The van der Waals surface area contributed by atoms with Gasteiger partial charge >= 0.3 is 0 Å². The maximum Gasteiger partial charge on any atom is 0.0681 e. The second-order valence-corrected chi connectivity index (χ2v) is 5.42. The van der Waals surface area contributed by atoms with Gasteiger partial charge in [-0.05, 0) is 22.6 Å². The zero-order valence-electron chi connectivity index (χ0n) is 8.22. The molecule has 0 atom stereocenters. The van der Waals surface area contributed by atoms with Gasteiger partial charge in [0.25, 0.3) is 0 Å². The van der Waals surface area contributed by atoms with Crippen LogP contribution in [0.15, 0.2) is 46.0 Å². The summed E-state index contributed by atoms with van der Waals surface area (Å²) in [6.07, 6.45) is 0. The molecule has 0 amide bonds. The number of aliphatic hydroxyl groups is 1. The van der Waals surface area contributed by atoms with Crippen LogP contribution in [0.25, 0.3) is 0 Å². The normalized spacial score (nSPS) is 10.5. The molecule has 1 heterocycles. The molecule has 0 aliphatic carbocycles. The lowest BCUT2D eigenvalue weighted by atomic mass is 10.2. The second-order valence-electron chi connectivity index (χ2n) is 3.20. The average molecular weight is 236 g/mol. The molecule has 0 fully saturated rings. The molecule has 1 N–H and O–H groups in total. The zero-order chi connectivity index (χ0) is 10.5. The predicted octanol–water partition coefficient (Wildman–Crippen LogP) is 3.53. The van der Waals surface area contributed by atoms with Gasteiger partial charge in [-0.3, -0.25) is 0 Å². The Labute approximate surface area is 97.8 Å². The van der Waals surface area contributed by atoms with Crippen LogP contribution in [0.1, 0.15) is 11.1 Å². The van der Waals surface area contributed by atoms with Gasteiger partial charge < -0.3 is 5.11 Å². The second kappa shape index (κ2) is 5.35. The molecule has 1 aromatic heterocycles. The Balaban J connectivity index is 1.93. The van der Waals surface area contributed by atoms with Crippen molar-refractivity contribution in [3.8, 4) is 0 Å². The third kappa shape index (κ3) is 3.09. The van der Waals surface area contributed by atoms with Crippen molar-refractivity contribution in [1.29, 1.82) is 0 Å². The number of thioether (sulfide) groups is 1. The maximum absolute atomic E-state index is 8.91. The first-order valence-corrected chi connectivity index (χ1v) is 6.60. The first kappa shape index (κ1) is 10.7. The van der Waals surface area contributed by atoms with Crippen molar-refractivity contribution >= 4 is 23.1 Å². The van der Waals surface area contributed by atoms with Crippen LogP contribution in [0.3, 0.4) is 0 Å². The molecule has 2 aromatic rings. The van der Waals surface area contributed by atoms with Crippen molar-refractivity contribution in [2.24, 2.45) is 0 Å². The fraction of sp³-hybridized carbons (Fsp3) is 0.167. The molecule has 0 aliphatic rings. The van der Waals surface area contributed by atoms with Gasteiger partial charge in [0.15, 0.2) is 0 Å². The molecular formula is C12H12OS2. The Bertz CT molecular complexity index is 392. The van der Waals surface area contributed by atoms with E-state index in [0.29, 0.717) is 0 Å². The van der Waals surface area contributed by atoms with Gasteiger partial charge in [0.1, 0.15) is 0 Å². The molecule has 0 saturated carbocycles. The Morgan fingerprint density at radius 2 is 1.80 bits per heavy atom. The third-order valence-corrected chi connectivity index (χ3v) is 4.28. The molecule has 0 spiro atoms. The van der Waals surface area contributed by atoms with E-state index in [1.54, 1.807) is 11.3 Å². The summed E-state index contributed by atoms with van der Waals surface area (Å²) < 4.78 is 1.35. The van der Waals surface area contributed by atoms with Crippen LogP contribution >= 0.6 is 23.1 Å². The van der Waals surface area contributed by atoms with Gasteiger partial charge in [0.2, 0.25) is 0 Å². The Hall–Kier alpha value is -0.770. The fourth-order valence-electron chi connectivity index (χ4n) is 1.24. The van der Waals surface area contributed by atoms with Crippen LogP contribution in [0.2, 0.25) is 0 Å². The van der Waals surface area contributed by atoms with Gasteiger partial charge in [0.05, 0.1) is 10.8 Å². The van der Waals surface area contributed by atoms with Crippen LogP contribution in [0.4, 0.5) is 0 Å². The van der Waals surface area contributed by atoms with Gasteiger partial charge in [-0.1, -0.05) is 30.3 Å². The van der Waals surface area contributed by atoms with E-state index in [1.807, 2.05) is 23.9 Å². The monoisotopic (exact) mass is 236 g/mol. The van der Waals surface area contributed by atoms with Gasteiger partial charge in [-0.2, -0.15) is 0 Å². The lowest BCUT2D eigenvalue weighted by molar-refractivity contribution is 0.282. The quantitative estimate of drug-likeness (QED) is 0.819. The highest BCUT2D eigenvalue weighted by atomic mass is 32.2. The van der Waals surface area contributed by atoms with Crippen molar-refractivity contribution in [2.75, 3.05) is 0 Å². The van der Waals surface area contributed by atoms with E-state index in [0.717, 1.165) is 11.3 Å². The molecule has 0 radical (unpaired) electrons. The van der Waals surface area contributed by atoms with Crippen molar-refractivity contribution in [2.45, 2.75) is 16.6 Å². The minimum Gasteiger partial charge on any atom is -0.392 e. The van der Waals surface area contributed by atoms with E-state index in [9.17, 15) is 0 Å². The zero-order valence-corrected chi connectivity index (χ0v) is 9.85. The lowest BCUT2D eigenvalue weighted by Crippen LogP contribution is -1.84. The largest absolute Gasteiger partial charge is 0.392 e. The molecule has 1 nitrogen and oxygen atoms in total. The Morgan fingerprint density at radius 1 is 1.07 bits per heavy atom. The topological polar surface area (TPSA) is 20.2 Å². The molecule has 2 rings (SSSR count). The maximum atomic E-state index is 8.91. The summed E-state index contributed by atoms with van der Waals surface area (Å²) in [6, 6.07) is 12.3. The highest BCUT2D eigenvalue weighted by Gasteiger charge is 1.97. The Kier molecular flexibility index (Phi) is 3.83. The van der Waals surface area contributed by atoms with Crippen molar-refractivity contribution in [3.05, 3.63) is 52.9 Å². The molecule has 3 heteroatoms. The average Bonchev–Trinajstić information content (AvgIpc) is 2.80. The molecule has 0 saturated heterocycles. The minimum absolute atomic E-state index is 0.123. The van der Waals surface area contributed by atoms with E-state index >= 15 is 0 Å². The van der Waals surface area contributed by atoms with Crippen LogP contribution in [0.5, 0.6) is 0 Å². The van der Waals surface area contributed by atoms with E-state index in [1.165, 1.54) is 9.77 Å². The smallest absolute Gasteiger partial charge is 0.0681 e. The predicted molar refractivity (Wildman–Crippen MR) is 66.2 cm³/mol. The summed E-state index contributed by atoms with van der Waals surface area (Å²) in [4.78, 5) is 0. The first-order chi connectivity index (χ1) is 7.38. The molecule has 0 aliphatic heterocycles. The highest BCUT2D eigenvalue weighted by molar-refractivity contribution is 8.00. The SMILES string of the molecule is OCc1ccc(CSc2cccs2)cc1. The van der Waals surface area contributed by atoms with Crippen molar-refractivity contribution in [3.63, 3.8) is 0 Å². The molecule has 0 bridgehead atoms. The van der Waals surface area contributed by atoms with E-state index in [2.05, 4.69) is 29.6 Å². The highest BCUT2D eigenvalue weighted by Crippen LogP contribution is 2.26. The number of thiophene rings is 1. The van der Waals surface area contributed by atoms with Crippen molar-refractivity contribution in [1.82, 2.24) is 0 Å². The summed E-state index contributed by atoms with van der Waals surface area (Å²) in [5.74, 6) is 0.992. The molecule has 1 aromatic carbocycles. The summed E-state index contributed by atoms with van der Waals surface area (Å²) in [7, 11) is 0. The Morgan fingerprint density at radius 3 is 2.40 bits per heavy atom. The van der Waals surface area contributed by atoms with E-state index in [-0.39, 0.29) is 6.61 Å². The number of benzene rings is 1. The van der Waals surface area contributed by atoms with E-state index < -0.39 is 0 Å². The fourth-order valence-corrected chi connectivity index (χ4v) is 2.98. The van der Waals surface area contributed by atoms with Crippen LogP contribution in [-0.2, 0) is 12.4 Å². The number of hydrogen-bond acceptors (Lipinski definition) is 3. The minimum atomic E-state index is 0.123. The molecule has 0 unspecified atom stereocenters. The number of rotatable bonds is 4. The van der Waals surface area contributed by atoms with Crippen LogP contribution in [0, 0.1) is 0 Å². The summed E-state index contributed by atoms with van der Waals surface area (Å²) in [6.45, 7) is 0.123. The summed E-state index contributed by atoms with van der Waals surface area (Å²) in [5, 5.41) is 11.0. The van der Waals surface area contributed by atoms with Crippen LogP contribution in [-0.4, -0.2) is 5.11 Å². The van der Waals surface area contributed by atoms with Gasteiger partial charge in [-0.15, -0.1) is 23.1 Å². The standard InChI is InChI=1S/C12H12OS2/c13-8-10-3-5-11(6-4-10)9-15-12-2-1-7-14-12/h1-7,13H,8-9H2. The van der Waals surface area contributed by atoms with Gasteiger partial charge in [0, 0.05) is 5.75 Å². The summed E-state index contributed by atoms with van der Waals surface area (Å²) >= 11 is 3.62. The summed E-state index contributed by atoms with van der Waals surface area (Å²) in [5.41, 5.74) is 2.27. The molecule has 78 valence electrons.